The zero-order valence-corrected chi connectivity index (χ0v) is 10.8. The van der Waals surface area contributed by atoms with Gasteiger partial charge in [-0.15, -0.1) is 0 Å². The van der Waals surface area contributed by atoms with Gasteiger partial charge in [0.1, 0.15) is 0 Å². The summed E-state index contributed by atoms with van der Waals surface area (Å²) in [5.74, 6) is 0.146. The van der Waals surface area contributed by atoms with Gasteiger partial charge in [0.2, 0.25) is 5.91 Å². The predicted molar refractivity (Wildman–Crippen MR) is 73.3 cm³/mol. The first-order valence-electron chi connectivity index (χ1n) is 6.49. The Morgan fingerprint density at radius 1 is 1.28 bits per heavy atom. The Labute approximate surface area is 108 Å². The molecular weight excluding hydrogens is 226 g/mol. The number of anilines is 1. The summed E-state index contributed by atoms with van der Waals surface area (Å²) in [7, 11) is 0. The van der Waals surface area contributed by atoms with Crippen LogP contribution in [0.15, 0.2) is 30.3 Å². The summed E-state index contributed by atoms with van der Waals surface area (Å²) >= 11 is 0. The van der Waals surface area contributed by atoms with Crippen molar-refractivity contribution >= 4 is 11.6 Å². The fraction of sp³-hybridized carbons (Fsp3) is 0.500. The minimum Gasteiger partial charge on any atom is -0.368 e. The summed E-state index contributed by atoms with van der Waals surface area (Å²) in [6, 6.07) is 9.88. The average molecular weight is 247 g/mol. The first-order chi connectivity index (χ1) is 8.71. The molecule has 0 unspecified atom stereocenters. The smallest absolute Gasteiger partial charge is 0.227 e. The van der Waals surface area contributed by atoms with Crippen LogP contribution in [-0.2, 0) is 4.79 Å². The van der Waals surface area contributed by atoms with Crippen LogP contribution in [-0.4, -0.2) is 25.7 Å². The summed E-state index contributed by atoms with van der Waals surface area (Å²) in [5.41, 5.74) is 0.803. The summed E-state index contributed by atoms with van der Waals surface area (Å²) in [4.78, 5) is 12.1. The molecule has 1 heterocycles. The van der Waals surface area contributed by atoms with Crippen LogP contribution < -0.4 is 16.0 Å². The minimum atomic E-state index is -0.219. The van der Waals surface area contributed by atoms with E-state index in [-0.39, 0.29) is 11.3 Å². The van der Waals surface area contributed by atoms with E-state index in [1.54, 1.807) is 0 Å². The molecule has 98 valence electrons. The van der Waals surface area contributed by atoms with Crippen molar-refractivity contribution in [3.05, 3.63) is 30.3 Å². The second kappa shape index (κ2) is 5.87. The molecule has 1 aliphatic rings. The van der Waals surface area contributed by atoms with Crippen LogP contribution in [0.3, 0.4) is 0 Å². The molecule has 0 aromatic heterocycles. The lowest BCUT2D eigenvalue weighted by Crippen LogP contribution is -2.46. The van der Waals surface area contributed by atoms with E-state index in [1.807, 2.05) is 37.3 Å². The van der Waals surface area contributed by atoms with Crippen molar-refractivity contribution in [2.75, 3.05) is 25.1 Å². The van der Waals surface area contributed by atoms with Crippen LogP contribution in [0, 0.1) is 5.41 Å². The van der Waals surface area contributed by atoms with E-state index in [2.05, 4.69) is 16.0 Å². The minimum absolute atomic E-state index is 0.146. The highest BCUT2D eigenvalue weighted by Crippen LogP contribution is 2.27. The third kappa shape index (κ3) is 3.23. The van der Waals surface area contributed by atoms with Gasteiger partial charge >= 0.3 is 0 Å². The molecule has 1 aliphatic heterocycles. The Kier molecular flexibility index (Phi) is 4.20. The number of carbonyl (C=O) groups excluding carboxylic acids is 1. The Balaban J connectivity index is 1.78. The molecule has 0 radical (unpaired) electrons. The highest BCUT2D eigenvalue weighted by Gasteiger charge is 2.34. The van der Waals surface area contributed by atoms with Crippen molar-refractivity contribution in [3.8, 4) is 0 Å². The van der Waals surface area contributed by atoms with E-state index in [1.165, 1.54) is 0 Å². The van der Waals surface area contributed by atoms with Crippen molar-refractivity contribution in [3.63, 3.8) is 0 Å². The van der Waals surface area contributed by atoms with Crippen molar-refractivity contribution in [1.82, 2.24) is 10.6 Å². The van der Waals surface area contributed by atoms with Gasteiger partial charge in [-0.1, -0.05) is 25.1 Å². The zero-order chi connectivity index (χ0) is 12.8. The van der Waals surface area contributed by atoms with Gasteiger partial charge in [-0.25, -0.2) is 0 Å². The summed E-state index contributed by atoms with van der Waals surface area (Å²) in [5, 5.41) is 9.43. The van der Waals surface area contributed by atoms with Crippen LogP contribution in [0.2, 0.25) is 0 Å². The van der Waals surface area contributed by atoms with Gasteiger partial charge in [0.05, 0.1) is 6.67 Å². The van der Waals surface area contributed by atoms with Crippen molar-refractivity contribution in [1.29, 1.82) is 0 Å². The van der Waals surface area contributed by atoms with Gasteiger partial charge in [-0.2, -0.15) is 0 Å². The normalized spacial score (nSPS) is 18.1. The number of benzene rings is 1. The monoisotopic (exact) mass is 247 g/mol. The Morgan fingerprint density at radius 2 is 1.94 bits per heavy atom. The van der Waals surface area contributed by atoms with Crippen LogP contribution in [0.25, 0.3) is 0 Å². The van der Waals surface area contributed by atoms with E-state index in [9.17, 15) is 4.79 Å². The quantitative estimate of drug-likeness (QED) is 0.708. The molecule has 3 N–H and O–H groups in total. The van der Waals surface area contributed by atoms with Crippen molar-refractivity contribution in [2.24, 2.45) is 5.41 Å². The molecule has 1 fully saturated rings. The first kappa shape index (κ1) is 12.9. The summed E-state index contributed by atoms with van der Waals surface area (Å²) in [6.45, 7) is 4.38. The Hall–Kier alpha value is -1.55. The first-order valence-corrected chi connectivity index (χ1v) is 6.49. The van der Waals surface area contributed by atoms with Gasteiger partial charge in [-0.3, -0.25) is 4.79 Å². The Bertz CT molecular complexity index is 385. The highest BCUT2D eigenvalue weighted by atomic mass is 16.2. The van der Waals surface area contributed by atoms with Crippen LogP contribution in [0.4, 0.5) is 5.69 Å². The molecular formula is C14H21N3O. The van der Waals surface area contributed by atoms with Crippen LogP contribution >= 0.6 is 0 Å². The number of piperidine rings is 1. The predicted octanol–water partition coefficient (Wildman–Crippen LogP) is 1.56. The molecule has 0 saturated carbocycles. The van der Waals surface area contributed by atoms with Gasteiger partial charge in [0.25, 0.3) is 0 Å². The molecule has 1 aromatic carbocycles. The van der Waals surface area contributed by atoms with Crippen LogP contribution in [0.5, 0.6) is 0 Å². The number of hydrogen-bond donors (Lipinski definition) is 3. The van der Waals surface area contributed by atoms with Gasteiger partial charge < -0.3 is 16.0 Å². The molecule has 0 spiro atoms. The standard InChI is InChI=1S/C14H21N3O/c1-14(7-9-15-10-8-14)13(18)17-11-16-12-5-3-2-4-6-12/h2-6,15-16H,7-11H2,1H3,(H,17,18). The van der Waals surface area contributed by atoms with Gasteiger partial charge in [0, 0.05) is 11.1 Å². The van der Waals surface area contributed by atoms with Crippen molar-refractivity contribution in [2.45, 2.75) is 19.8 Å². The fourth-order valence-electron chi connectivity index (χ4n) is 2.20. The number of hydrogen-bond acceptors (Lipinski definition) is 3. The third-order valence-electron chi connectivity index (χ3n) is 3.57. The molecule has 0 bridgehead atoms. The van der Waals surface area contributed by atoms with E-state index in [0.717, 1.165) is 31.6 Å². The average Bonchev–Trinajstić information content (AvgIpc) is 2.41. The molecule has 1 saturated heterocycles. The number of nitrogens with one attached hydrogen (secondary N) is 3. The molecule has 18 heavy (non-hydrogen) atoms. The molecule has 2 rings (SSSR count). The molecule has 0 atom stereocenters. The maximum Gasteiger partial charge on any atom is 0.227 e. The van der Waals surface area contributed by atoms with Crippen LogP contribution in [0.1, 0.15) is 19.8 Å². The second-order valence-electron chi connectivity index (χ2n) is 5.04. The number of para-hydroxylation sites is 1. The molecule has 4 nitrogen and oxygen atoms in total. The lowest BCUT2D eigenvalue weighted by Gasteiger charge is -2.32. The van der Waals surface area contributed by atoms with E-state index in [0.29, 0.717) is 6.67 Å². The lowest BCUT2D eigenvalue weighted by atomic mass is 9.80. The molecule has 0 aliphatic carbocycles. The van der Waals surface area contributed by atoms with E-state index in [4.69, 9.17) is 0 Å². The van der Waals surface area contributed by atoms with E-state index >= 15 is 0 Å². The van der Waals surface area contributed by atoms with Gasteiger partial charge in [0.15, 0.2) is 0 Å². The summed E-state index contributed by atoms with van der Waals surface area (Å²) in [6.07, 6.45) is 1.81. The fourth-order valence-corrected chi connectivity index (χ4v) is 2.20. The second-order valence-corrected chi connectivity index (χ2v) is 5.04. The maximum atomic E-state index is 12.1. The maximum absolute atomic E-state index is 12.1. The third-order valence-corrected chi connectivity index (χ3v) is 3.57. The molecule has 1 aromatic rings. The Morgan fingerprint density at radius 3 is 2.61 bits per heavy atom. The van der Waals surface area contributed by atoms with Gasteiger partial charge in [-0.05, 0) is 38.1 Å². The largest absolute Gasteiger partial charge is 0.368 e. The molecule has 4 heteroatoms. The van der Waals surface area contributed by atoms with Crippen molar-refractivity contribution < 1.29 is 4.79 Å². The number of amides is 1. The molecule has 1 amide bonds. The SMILES string of the molecule is CC1(C(=O)NCNc2ccccc2)CCNCC1. The zero-order valence-electron chi connectivity index (χ0n) is 10.8. The topological polar surface area (TPSA) is 53.2 Å². The lowest BCUT2D eigenvalue weighted by molar-refractivity contribution is -0.131. The highest BCUT2D eigenvalue weighted by molar-refractivity contribution is 5.82. The number of carbonyl (C=O) groups is 1. The number of rotatable bonds is 4. The van der Waals surface area contributed by atoms with E-state index < -0.39 is 0 Å². The summed E-state index contributed by atoms with van der Waals surface area (Å²) < 4.78 is 0.